The van der Waals surface area contributed by atoms with Gasteiger partial charge in [-0.2, -0.15) is 9.97 Å². The lowest BCUT2D eigenvalue weighted by molar-refractivity contribution is -0.131. The third kappa shape index (κ3) is 4.92. The van der Waals surface area contributed by atoms with E-state index < -0.39 is 35.1 Å². The molecule has 5 heterocycles. The predicted octanol–water partition coefficient (Wildman–Crippen LogP) is 7.00. The number of hydrogen-bond acceptors (Lipinski definition) is 6. The number of carbonyl (C=O) groups excluding carboxylic acids is 1. The van der Waals surface area contributed by atoms with Gasteiger partial charge in [0.2, 0.25) is 0 Å². The van der Waals surface area contributed by atoms with Crippen molar-refractivity contribution in [3.05, 3.63) is 71.5 Å². The van der Waals surface area contributed by atoms with Gasteiger partial charge in [0.1, 0.15) is 29.9 Å². The molecule has 7 nitrogen and oxygen atoms in total. The van der Waals surface area contributed by atoms with Crippen LogP contribution in [0.3, 0.4) is 0 Å². The molecule has 8 rings (SSSR count). The van der Waals surface area contributed by atoms with E-state index in [9.17, 15) is 13.6 Å². The van der Waals surface area contributed by atoms with Crippen molar-refractivity contribution in [2.45, 2.75) is 55.9 Å². The molecule has 47 heavy (non-hydrogen) atoms. The summed E-state index contributed by atoms with van der Waals surface area (Å²) in [5, 5.41) is 1.20. The summed E-state index contributed by atoms with van der Waals surface area (Å²) in [7, 11) is 0. The second-order valence-corrected chi connectivity index (χ2v) is 13.6. The average Bonchev–Trinajstić information content (AvgIpc) is 3.66. The maximum absolute atomic E-state index is 16.9. The van der Waals surface area contributed by atoms with Crippen molar-refractivity contribution in [3.63, 3.8) is 0 Å². The van der Waals surface area contributed by atoms with Crippen LogP contribution in [0.1, 0.15) is 32.1 Å². The van der Waals surface area contributed by atoms with Crippen LogP contribution in [0.15, 0.2) is 54.9 Å². The molecule has 12 heteroatoms. The predicted molar refractivity (Wildman–Crippen MR) is 172 cm³/mol. The number of fused-ring (bicyclic) bond motifs is 5. The zero-order valence-corrected chi connectivity index (χ0v) is 26.2. The van der Waals surface area contributed by atoms with Crippen LogP contribution in [0, 0.1) is 11.6 Å². The van der Waals surface area contributed by atoms with Gasteiger partial charge in [-0.3, -0.25) is 9.69 Å². The molecule has 1 aromatic heterocycles. The Labute approximate surface area is 273 Å². The zero-order chi connectivity index (χ0) is 32.6. The van der Waals surface area contributed by atoms with E-state index >= 15 is 8.78 Å². The summed E-state index contributed by atoms with van der Waals surface area (Å²) in [5.74, 6) is -2.64. The summed E-state index contributed by atoms with van der Waals surface area (Å²) in [5.41, 5.74) is -0.262. The van der Waals surface area contributed by atoms with Gasteiger partial charge >= 0.3 is 6.01 Å². The largest absolute Gasteiger partial charge is 0.461 e. The van der Waals surface area contributed by atoms with Crippen LogP contribution in [0.25, 0.3) is 32.8 Å². The minimum absolute atomic E-state index is 0.000893. The van der Waals surface area contributed by atoms with Gasteiger partial charge in [-0.25, -0.2) is 17.6 Å². The lowest BCUT2D eigenvalue weighted by Crippen LogP contribution is -2.56. The Morgan fingerprint density at radius 1 is 1.09 bits per heavy atom. The van der Waals surface area contributed by atoms with E-state index in [1.54, 1.807) is 41.3 Å². The molecule has 4 fully saturated rings. The third-order valence-electron chi connectivity index (χ3n) is 10.4. The third-order valence-corrected chi connectivity index (χ3v) is 10.7. The summed E-state index contributed by atoms with van der Waals surface area (Å²) in [6.07, 6.45) is 2.42. The molecule has 0 spiro atoms. The zero-order valence-electron chi connectivity index (χ0n) is 25.5. The number of nitrogens with zero attached hydrogens (tertiary/aromatic N) is 5. The molecule has 4 aromatic rings. The molecule has 244 valence electrons. The molecule has 0 radical (unpaired) electrons. The lowest BCUT2D eigenvalue weighted by Gasteiger charge is -2.41. The summed E-state index contributed by atoms with van der Waals surface area (Å²) >= 11 is 6.82. The second kappa shape index (κ2) is 11.3. The Balaban J connectivity index is 1.25. The number of rotatable bonds is 6. The van der Waals surface area contributed by atoms with E-state index in [0.29, 0.717) is 55.5 Å². The number of amides is 1. The highest BCUT2D eigenvalue weighted by atomic mass is 35.5. The summed E-state index contributed by atoms with van der Waals surface area (Å²) in [6, 6.07) is 10.6. The summed E-state index contributed by atoms with van der Waals surface area (Å²) in [4.78, 5) is 27.5. The molecule has 0 N–H and O–H groups in total. The number of carbonyl (C=O) groups is 1. The monoisotopic (exact) mass is 665 g/mol. The Bertz CT molecular complexity index is 1940. The number of hydrogen-bond donors (Lipinski definition) is 0. The highest BCUT2D eigenvalue weighted by molar-refractivity contribution is 6.35. The van der Waals surface area contributed by atoms with E-state index in [4.69, 9.17) is 21.3 Å². The number of aromatic nitrogens is 2. The number of anilines is 1. The molecule has 4 aliphatic rings. The number of alkyl halides is 1. The first-order valence-electron chi connectivity index (χ1n) is 15.9. The maximum Gasteiger partial charge on any atom is 0.319 e. The number of piperazine rings is 1. The summed E-state index contributed by atoms with van der Waals surface area (Å²) in [6.45, 7) is 5.10. The first-order valence-corrected chi connectivity index (χ1v) is 16.3. The van der Waals surface area contributed by atoms with Crippen molar-refractivity contribution in [1.82, 2.24) is 19.8 Å². The molecule has 4 atom stereocenters. The molecule has 0 aliphatic carbocycles. The van der Waals surface area contributed by atoms with Crippen molar-refractivity contribution in [3.8, 4) is 17.1 Å². The topological polar surface area (TPSA) is 61.8 Å². The van der Waals surface area contributed by atoms with Gasteiger partial charge in [0.15, 0.2) is 11.6 Å². The van der Waals surface area contributed by atoms with Gasteiger partial charge in [-0.15, -0.1) is 0 Å². The van der Waals surface area contributed by atoms with E-state index in [-0.39, 0.29) is 51.8 Å². The first-order chi connectivity index (χ1) is 22.6. The van der Waals surface area contributed by atoms with Crippen LogP contribution in [-0.4, -0.2) is 82.3 Å². The van der Waals surface area contributed by atoms with E-state index in [1.807, 2.05) is 4.90 Å². The Morgan fingerprint density at radius 2 is 1.83 bits per heavy atom. The minimum Gasteiger partial charge on any atom is -0.461 e. The Morgan fingerprint density at radius 3 is 2.57 bits per heavy atom. The van der Waals surface area contributed by atoms with Crippen LogP contribution in [0.4, 0.5) is 23.4 Å². The van der Waals surface area contributed by atoms with Gasteiger partial charge in [0.25, 0.3) is 5.91 Å². The number of benzene rings is 3. The minimum atomic E-state index is -1.01. The van der Waals surface area contributed by atoms with Crippen LogP contribution >= 0.6 is 11.6 Å². The van der Waals surface area contributed by atoms with E-state index in [2.05, 4.69) is 16.5 Å². The van der Waals surface area contributed by atoms with Crippen molar-refractivity contribution in [1.29, 1.82) is 0 Å². The second-order valence-electron chi connectivity index (χ2n) is 13.2. The van der Waals surface area contributed by atoms with Crippen LogP contribution < -0.4 is 9.64 Å². The number of ether oxygens (including phenoxy) is 1. The smallest absolute Gasteiger partial charge is 0.319 e. The van der Waals surface area contributed by atoms with Crippen molar-refractivity contribution in [2.75, 3.05) is 37.7 Å². The molecule has 0 saturated carbocycles. The summed E-state index contributed by atoms with van der Waals surface area (Å²) < 4.78 is 66.7. The van der Waals surface area contributed by atoms with Gasteiger partial charge in [0.05, 0.1) is 22.6 Å². The molecule has 2 unspecified atom stereocenters. The van der Waals surface area contributed by atoms with Crippen LogP contribution in [0.2, 0.25) is 5.02 Å². The van der Waals surface area contributed by atoms with Gasteiger partial charge < -0.3 is 14.5 Å². The molecule has 4 aliphatic heterocycles. The molecule has 3 aromatic carbocycles. The van der Waals surface area contributed by atoms with E-state index in [1.165, 1.54) is 6.07 Å². The molecular weight excluding hydrogens is 634 g/mol. The average molecular weight is 666 g/mol. The molecule has 4 saturated heterocycles. The molecular formula is C35H32ClF4N5O2. The fourth-order valence-electron chi connectivity index (χ4n) is 8.41. The lowest BCUT2D eigenvalue weighted by atomic mass is 9.95. The Kier molecular flexibility index (Phi) is 7.33. The Hall–Kier alpha value is -3.96. The molecule has 1 amide bonds. The highest BCUT2D eigenvalue weighted by Crippen LogP contribution is 2.44. The standard InChI is InChI=1S/C35H32ClF4N5O2/c1-19(37)33(46)45-22-9-10-23(45)17-43(16-22)32-25-13-26(36)29(24-7-2-5-20-6-3-8-27(39)28(20)24)30(40)31(25)41-34(42-32)47-18-35-11-4-12-44(35)15-21(38)14-35/h2-3,5-8,13,21-23H,1,4,9-12,14-18H2/t21-,22?,23?,35+/m1/s1. The maximum atomic E-state index is 16.9. The van der Waals surface area contributed by atoms with Crippen LogP contribution in [0.5, 0.6) is 6.01 Å². The van der Waals surface area contributed by atoms with Gasteiger partial charge in [0, 0.05) is 42.4 Å². The highest BCUT2D eigenvalue weighted by Gasteiger charge is 2.49. The SMILES string of the molecule is C=C(F)C(=O)N1C2CCC1CN(c1nc(OC[C@@]34CCCN3C[C@H](F)C4)nc3c(F)c(-c4cccc5cccc(F)c45)c(Cl)cc13)C2. The number of halogens is 5. The van der Waals surface area contributed by atoms with Crippen molar-refractivity contribution >= 4 is 45.0 Å². The van der Waals surface area contributed by atoms with Crippen molar-refractivity contribution in [2.24, 2.45) is 0 Å². The quantitative estimate of drug-likeness (QED) is 0.163. The fourth-order valence-corrected chi connectivity index (χ4v) is 8.71. The van der Waals surface area contributed by atoms with Crippen molar-refractivity contribution < 1.29 is 27.1 Å². The van der Waals surface area contributed by atoms with Crippen LogP contribution in [-0.2, 0) is 4.79 Å². The van der Waals surface area contributed by atoms with Gasteiger partial charge in [-0.1, -0.05) is 48.5 Å². The van der Waals surface area contributed by atoms with Gasteiger partial charge in [-0.05, 0) is 55.3 Å². The molecule has 2 bridgehead atoms. The van der Waals surface area contributed by atoms with E-state index in [0.717, 1.165) is 19.4 Å². The normalized spacial score (nSPS) is 25.6. The fraction of sp³-hybridized carbons (Fsp3) is 0.400. The first kappa shape index (κ1) is 30.4.